The van der Waals surface area contributed by atoms with Crippen LogP contribution in [0.15, 0.2) is 42.5 Å². The fourth-order valence-corrected chi connectivity index (χ4v) is 2.52. The average molecular weight is 397 g/mol. The summed E-state index contributed by atoms with van der Waals surface area (Å²) in [6, 6.07) is 10.1. The third-order valence-corrected chi connectivity index (χ3v) is 4.10. The molecule has 0 aliphatic rings. The predicted molar refractivity (Wildman–Crippen MR) is 96.3 cm³/mol. The van der Waals surface area contributed by atoms with E-state index in [1.807, 2.05) is 0 Å². The van der Waals surface area contributed by atoms with Gasteiger partial charge in [-0.1, -0.05) is 29.3 Å². The van der Waals surface area contributed by atoms with Crippen LogP contribution in [0.4, 0.5) is 5.69 Å². The largest absolute Gasteiger partial charge is 0.461 e. The van der Waals surface area contributed by atoms with Crippen LogP contribution in [0.2, 0.25) is 10.0 Å². The molecule has 0 aromatic heterocycles. The first-order valence-electron chi connectivity index (χ1n) is 7.49. The molecule has 2 aromatic carbocycles. The normalized spacial score (nSPS) is 10.2. The molecule has 0 radical (unpaired) electrons. The van der Waals surface area contributed by atoms with Crippen LogP contribution in [-0.4, -0.2) is 23.3 Å². The van der Waals surface area contributed by atoms with Crippen LogP contribution in [-0.2, 0) is 16.1 Å². The van der Waals surface area contributed by atoms with Crippen LogP contribution in [0.3, 0.4) is 0 Å². The summed E-state index contributed by atoms with van der Waals surface area (Å²) in [5, 5.41) is 13.9. The Morgan fingerprint density at radius 1 is 1.08 bits per heavy atom. The van der Waals surface area contributed by atoms with Gasteiger partial charge in [0.25, 0.3) is 11.6 Å². The zero-order valence-electron chi connectivity index (χ0n) is 13.4. The van der Waals surface area contributed by atoms with Crippen molar-refractivity contribution in [3.63, 3.8) is 0 Å². The average Bonchev–Trinajstić information content (AvgIpc) is 2.61. The molecule has 0 unspecified atom stereocenters. The van der Waals surface area contributed by atoms with E-state index in [-0.39, 0.29) is 30.8 Å². The van der Waals surface area contributed by atoms with Gasteiger partial charge in [0.05, 0.1) is 11.3 Å². The Labute approximate surface area is 159 Å². The van der Waals surface area contributed by atoms with E-state index < -0.39 is 16.8 Å². The number of rotatable bonds is 7. The van der Waals surface area contributed by atoms with E-state index in [2.05, 4.69) is 5.32 Å². The van der Waals surface area contributed by atoms with Gasteiger partial charge in [-0.15, -0.1) is 0 Å². The highest BCUT2D eigenvalue weighted by Gasteiger charge is 2.12. The molecule has 26 heavy (non-hydrogen) atoms. The molecule has 9 heteroatoms. The number of nitrogens with zero attached hydrogens (tertiary/aromatic N) is 1. The highest BCUT2D eigenvalue weighted by Crippen LogP contribution is 2.24. The molecule has 0 spiro atoms. The molecule has 0 aliphatic carbocycles. The molecular formula is C17H14Cl2N2O5. The summed E-state index contributed by atoms with van der Waals surface area (Å²) in [6.07, 6.45) is -0.0409. The molecule has 0 atom stereocenters. The lowest BCUT2D eigenvalue weighted by atomic mass is 10.2. The van der Waals surface area contributed by atoms with E-state index >= 15 is 0 Å². The third-order valence-electron chi connectivity index (χ3n) is 3.39. The number of nitro groups is 1. The van der Waals surface area contributed by atoms with Gasteiger partial charge in [-0.2, -0.15) is 0 Å². The molecule has 0 aliphatic heterocycles. The summed E-state index contributed by atoms with van der Waals surface area (Å²) >= 11 is 12.0. The lowest BCUT2D eigenvalue weighted by Crippen LogP contribution is -2.26. The van der Waals surface area contributed by atoms with Crippen molar-refractivity contribution in [2.75, 3.05) is 6.54 Å². The fraction of sp³-hybridized carbons (Fsp3) is 0.176. The van der Waals surface area contributed by atoms with Gasteiger partial charge in [0.15, 0.2) is 0 Å². The summed E-state index contributed by atoms with van der Waals surface area (Å²) < 4.78 is 5.09. The van der Waals surface area contributed by atoms with Gasteiger partial charge in [0.2, 0.25) is 0 Å². The van der Waals surface area contributed by atoms with Gasteiger partial charge in [0, 0.05) is 39.8 Å². The van der Waals surface area contributed by atoms with Crippen LogP contribution in [0.25, 0.3) is 0 Å². The predicted octanol–water partition coefficient (Wildman–Crippen LogP) is 3.76. The Bertz CT molecular complexity index is 804. The van der Waals surface area contributed by atoms with E-state index in [9.17, 15) is 19.7 Å². The maximum absolute atomic E-state index is 11.9. The van der Waals surface area contributed by atoms with E-state index in [1.165, 1.54) is 24.3 Å². The van der Waals surface area contributed by atoms with Crippen LogP contribution in [0.5, 0.6) is 0 Å². The second-order valence-corrected chi connectivity index (χ2v) is 5.99. The van der Waals surface area contributed by atoms with Crippen LogP contribution in [0, 0.1) is 10.1 Å². The molecule has 0 saturated heterocycles. The second-order valence-electron chi connectivity index (χ2n) is 5.17. The van der Waals surface area contributed by atoms with Crippen molar-refractivity contribution in [2.24, 2.45) is 0 Å². The maximum atomic E-state index is 11.9. The summed E-state index contributed by atoms with van der Waals surface area (Å²) in [5.41, 5.74) is 0.661. The molecule has 0 fully saturated rings. The van der Waals surface area contributed by atoms with Crippen molar-refractivity contribution < 1.29 is 19.2 Å². The zero-order valence-corrected chi connectivity index (χ0v) is 14.9. The van der Waals surface area contributed by atoms with Crippen molar-refractivity contribution in [1.82, 2.24) is 5.32 Å². The minimum absolute atomic E-state index is 0.0409. The second kappa shape index (κ2) is 9.17. The Hall–Kier alpha value is -2.64. The molecule has 1 amide bonds. The number of hydrogen-bond acceptors (Lipinski definition) is 5. The number of benzene rings is 2. The topological polar surface area (TPSA) is 98.5 Å². The van der Waals surface area contributed by atoms with Crippen LogP contribution in [0.1, 0.15) is 22.3 Å². The molecule has 0 heterocycles. The fourth-order valence-electron chi connectivity index (χ4n) is 2.01. The maximum Gasteiger partial charge on any atom is 0.307 e. The van der Waals surface area contributed by atoms with E-state index in [0.29, 0.717) is 15.6 Å². The number of esters is 1. The minimum atomic E-state index is -0.553. The number of non-ortho nitro benzene ring substituents is 1. The Morgan fingerprint density at radius 3 is 2.27 bits per heavy atom. The summed E-state index contributed by atoms with van der Waals surface area (Å²) in [6.45, 7) is -0.00144. The van der Waals surface area contributed by atoms with Gasteiger partial charge < -0.3 is 10.1 Å². The number of carbonyl (C=O) groups is 2. The van der Waals surface area contributed by atoms with Gasteiger partial charge in [-0.05, 0) is 24.3 Å². The van der Waals surface area contributed by atoms with Crippen molar-refractivity contribution in [3.05, 3.63) is 73.8 Å². The van der Waals surface area contributed by atoms with Gasteiger partial charge in [-0.25, -0.2) is 0 Å². The first-order chi connectivity index (χ1) is 12.4. The summed E-state index contributed by atoms with van der Waals surface area (Å²) in [5.74, 6) is -0.966. The first kappa shape index (κ1) is 19.7. The van der Waals surface area contributed by atoms with Crippen molar-refractivity contribution in [1.29, 1.82) is 0 Å². The quantitative estimate of drug-likeness (QED) is 0.436. The van der Waals surface area contributed by atoms with Gasteiger partial charge in [-0.3, -0.25) is 19.7 Å². The molecule has 2 rings (SSSR count). The smallest absolute Gasteiger partial charge is 0.307 e. The van der Waals surface area contributed by atoms with E-state index in [0.717, 1.165) is 0 Å². The van der Waals surface area contributed by atoms with Gasteiger partial charge >= 0.3 is 5.97 Å². The molecular weight excluding hydrogens is 383 g/mol. The third kappa shape index (κ3) is 5.44. The first-order valence-corrected chi connectivity index (χ1v) is 8.25. The molecule has 7 nitrogen and oxygen atoms in total. The molecule has 136 valence electrons. The number of nitrogens with one attached hydrogen (secondary N) is 1. The van der Waals surface area contributed by atoms with Crippen molar-refractivity contribution in [2.45, 2.75) is 13.0 Å². The van der Waals surface area contributed by atoms with Crippen LogP contribution >= 0.6 is 23.2 Å². The molecule has 2 aromatic rings. The van der Waals surface area contributed by atoms with Crippen LogP contribution < -0.4 is 5.32 Å². The lowest BCUT2D eigenvalue weighted by molar-refractivity contribution is -0.384. The zero-order chi connectivity index (χ0) is 19.1. The summed E-state index contributed by atoms with van der Waals surface area (Å²) in [7, 11) is 0. The highest BCUT2D eigenvalue weighted by molar-refractivity contribution is 6.35. The Balaban J connectivity index is 1.77. The number of carbonyl (C=O) groups excluding carboxylic acids is 2. The number of amides is 1. The minimum Gasteiger partial charge on any atom is -0.461 e. The number of nitro benzene ring substituents is 1. The van der Waals surface area contributed by atoms with Gasteiger partial charge in [0.1, 0.15) is 6.61 Å². The van der Waals surface area contributed by atoms with E-state index in [1.54, 1.807) is 18.2 Å². The van der Waals surface area contributed by atoms with Crippen molar-refractivity contribution >= 4 is 40.8 Å². The number of hydrogen-bond donors (Lipinski definition) is 1. The Morgan fingerprint density at radius 2 is 1.69 bits per heavy atom. The monoisotopic (exact) mass is 396 g/mol. The number of halogens is 2. The molecule has 0 bridgehead atoms. The summed E-state index contributed by atoms with van der Waals surface area (Å²) in [4.78, 5) is 33.7. The molecule has 1 N–H and O–H groups in total. The molecule has 0 saturated carbocycles. The SMILES string of the molecule is O=C(CCNC(=O)c1ccc([N+](=O)[O-])cc1)OCc1c(Cl)cccc1Cl. The van der Waals surface area contributed by atoms with Crippen molar-refractivity contribution in [3.8, 4) is 0 Å². The standard InChI is InChI=1S/C17H14Cl2N2O5/c18-14-2-1-3-15(19)13(14)10-26-16(22)8-9-20-17(23)11-4-6-12(7-5-11)21(24)25/h1-7H,8-10H2,(H,20,23). The lowest BCUT2D eigenvalue weighted by Gasteiger charge is -2.09. The number of ether oxygens (including phenoxy) is 1. The highest BCUT2D eigenvalue weighted by atomic mass is 35.5. The Kier molecular flexibility index (Phi) is 6.94. The van der Waals surface area contributed by atoms with E-state index in [4.69, 9.17) is 27.9 Å².